The quantitative estimate of drug-likeness (QED) is 0.871. The van der Waals surface area contributed by atoms with Gasteiger partial charge in [-0.05, 0) is 43.4 Å². The highest BCUT2D eigenvalue weighted by molar-refractivity contribution is 5.86. The maximum absolute atomic E-state index is 13.2. The average Bonchev–Trinajstić information content (AvgIpc) is 3.02. The van der Waals surface area contributed by atoms with Gasteiger partial charge in [0, 0.05) is 25.2 Å². The summed E-state index contributed by atoms with van der Waals surface area (Å²) in [6, 6.07) is 6.60. The van der Waals surface area contributed by atoms with E-state index in [4.69, 9.17) is 10.5 Å². The monoisotopic (exact) mass is 356 g/mol. The van der Waals surface area contributed by atoms with E-state index in [1.54, 1.807) is 0 Å². The molecule has 6 heteroatoms. The summed E-state index contributed by atoms with van der Waals surface area (Å²) in [5, 5.41) is 3.08. The predicted molar refractivity (Wildman–Crippen MR) is 93.8 cm³/mol. The van der Waals surface area contributed by atoms with Crippen molar-refractivity contribution in [2.45, 2.75) is 49.5 Å². The Balaban J connectivity index is 0.00000208. The summed E-state index contributed by atoms with van der Waals surface area (Å²) >= 11 is 0. The molecule has 0 unspecified atom stereocenters. The van der Waals surface area contributed by atoms with Gasteiger partial charge in [0.1, 0.15) is 5.82 Å². The summed E-state index contributed by atoms with van der Waals surface area (Å²) in [6.45, 7) is 1.84. The van der Waals surface area contributed by atoms with E-state index in [9.17, 15) is 9.18 Å². The molecule has 1 heterocycles. The van der Waals surface area contributed by atoms with Gasteiger partial charge in [0.15, 0.2) is 0 Å². The fraction of sp³-hybridized carbons (Fsp3) is 0.611. The highest BCUT2D eigenvalue weighted by Gasteiger charge is 2.40. The number of carbonyl (C=O) groups excluding carboxylic acids is 1. The Hall–Kier alpha value is -1.17. The maximum atomic E-state index is 13.2. The van der Waals surface area contributed by atoms with Crippen LogP contribution < -0.4 is 11.1 Å². The third-order valence-electron chi connectivity index (χ3n) is 5.44. The first-order valence-corrected chi connectivity index (χ1v) is 8.45. The van der Waals surface area contributed by atoms with E-state index in [0.717, 1.165) is 44.1 Å². The van der Waals surface area contributed by atoms with Crippen LogP contribution in [-0.2, 0) is 14.9 Å². The number of hydrogen-bond donors (Lipinski definition) is 2. The van der Waals surface area contributed by atoms with Crippen molar-refractivity contribution in [3.8, 4) is 0 Å². The van der Waals surface area contributed by atoms with Crippen LogP contribution in [0.3, 0.4) is 0 Å². The normalized spacial score (nSPS) is 21.8. The molecule has 0 radical (unpaired) electrons. The number of halogens is 2. The zero-order valence-corrected chi connectivity index (χ0v) is 14.7. The van der Waals surface area contributed by atoms with E-state index in [1.807, 2.05) is 12.1 Å². The van der Waals surface area contributed by atoms with Crippen LogP contribution in [0.15, 0.2) is 24.3 Å². The summed E-state index contributed by atoms with van der Waals surface area (Å²) in [6.07, 6.45) is 5.17. The van der Waals surface area contributed by atoms with Crippen LogP contribution in [0.1, 0.15) is 44.1 Å². The molecule has 1 saturated carbocycles. The van der Waals surface area contributed by atoms with E-state index in [-0.39, 0.29) is 29.5 Å². The number of ether oxygens (including phenoxy) is 1. The molecule has 2 fully saturated rings. The van der Waals surface area contributed by atoms with Crippen LogP contribution in [0.25, 0.3) is 0 Å². The van der Waals surface area contributed by atoms with Gasteiger partial charge in [0.05, 0.1) is 5.54 Å². The van der Waals surface area contributed by atoms with Gasteiger partial charge in [-0.1, -0.05) is 25.0 Å². The van der Waals surface area contributed by atoms with Gasteiger partial charge in [-0.2, -0.15) is 0 Å². The molecule has 0 atom stereocenters. The van der Waals surface area contributed by atoms with Crippen LogP contribution in [0.5, 0.6) is 0 Å². The van der Waals surface area contributed by atoms with Crippen LogP contribution >= 0.6 is 12.4 Å². The van der Waals surface area contributed by atoms with E-state index in [1.165, 1.54) is 12.1 Å². The van der Waals surface area contributed by atoms with Gasteiger partial charge < -0.3 is 15.8 Å². The van der Waals surface area contributed by atoms with Crippen molar-refractivity contribution in [2.24, 2.45) is 5.73 Å². The molecular weight excluding hydrogens is 331 g/mol. The van der Waals surface area contributed by atoms with Crippen molar-refractivity contribution in [3.05, 3.63) is 35.6 Å². The molecule has 2 aliphatic rings. The van der Waals surface area contributed by atoms with Crippen molar-refractivity contribution in [3.63, 3.8) is 0 Å². The van der Waals surface area contributed by atoms with Crippen LogP contribution in [0.2, 0.25) is 0 Å². The van der Waals surface area contributed by atoms with Gasteiger partial charge >= 0.3 is 0 Å². The minimum Gasteiger partial charge on any atom is -0.381 e. The molecule has 1 amide bonds. The summed E-state index contributed by atoms with van der Waals surface area (Å²) < 4.78 is 18.7. The molecule has 3 rings (SSSR count). The standard InChI is InChI=1S/C18H25FN2O2.ClH/c19-15-5-3-14(4-6-15)17(9-11-23-12-10-17)13-21-16(22)18(20)7-1-2-8-18;/h3-6H,1-2,7-13,20H2,(H,21,22);1H. The Morgan fingerprint density at radius 3 is 2.29 bits per heavy atom. The number of nitrogens with two attached hydrogens (primary N) is 1. The van der Waals surface area contributed by atoms with Crippen molar-refractivity contribution in [1.29, 1.82) is 0 Å². The van der Waals surface area contributed by atoms with Crippen LogP contribution in [0.4, 0.5) is 4.39 Å². The van der Waals surface area contributed by atoms with E-state index >= 15 is 0 Å². The van der Waals surface area contributed by atoms with Gasteiger partial charge in [0.25, 0.3) is 0 Å². The molecule has 3 N–H and O–H groups in total. The fourth-order valence-corrected chi connectivity index (χ4v) is 3.79. The first-order valence-electron chi connectivity index (χ1n) is 8.45. The molecule has 24 heavy (non-hydrogen) atoms. The molecule has 4 nitrogen and oxygen atoms in total. The molecule has 0 aromatic heterocycles. The third kappa shape index (κ3) is 3.90. The zero-order valence-electron chi connectivity index (χ0n) is 13.9. The summed E-state index contributed by atoms with van der Waals surface area (Å²) in [4.78, 5) is 12.5. The van der Waals surface area contributed by atoms with E-state index < -0.39 is 5.54 Å². The molecule has 1 saturated heterocycles. The summed E-state index contributed by atoms with van der Waals surface area (Å²) in [7, 11) is 0. The maximum Gasteiger partial charge on any atom is 0.240 e. The molecule has 1 aromatic carbocycles. The fourth-order valence-electron chi connectivity index (χ4n) is 3.79. The molecule has 0 spiro atoms. The van der Waals surface area contributed by atoms with Crippen molar-refractivity contribution in [2.75, 3.05) is 19.8 Å². The third-order valence-corrected chi connectivity index (χ3v) is 5.44. The van der Waals surface area contributed by atoms with Crippen molar-refractivity contribution >= 4 is 18.3 Å². The Kier molecular flexibility index (Phi) is 6.23. The highest BCUT2D eigenvalue weighted by atomic mass is 35.5. The van der Waals surface area contributed by atoms with Gasteiger partial charge in [-0.15, -0.1) is 12.4 Å². The lowest BCUT2D eigenvalue weighted by Crippen LogP contribution is -2.55. The summed E-state index contributed by atoms with van der Waals surface area (Å²) in [5.41, 5.74) is 6.38. The lowest BCUT2D eigenvalue weighted by atomic mass is 9.74. The zero-order chi connectivity index (χ0) is 16.3. The van der Waals surface area contributed by atoms with Crippen LogP contribution in [0, 0.1) is 5.82 Å². The molecule has 1 aliphatic heterocycles. The predicted octanol–water partition coefficient (Wildman–Crippen LogP) is 2.68. The number of rotatable bonds is 4. The lowest BCUT2D eigenvalue weighted by Gasteiger charge is -2.38. The minimum absolute atomic E-state index is 0. The topological polar surface area (TPSA) is 64.4 Å². The van der Waals surface area contributed by atoms with Crippen molar-refractivity contribution < 1.29 is 13.9 Å². The minimum atomic E-state index is -0.713. The SMILES string of the molecule is Cl.NC1(C(=O)NCC2(c3ccc(F)cc3)CCOCC2)CCCC1. The first-order chi connectivity index (χ1) is 11.0. The Morgan fingerprint density at radius 1 is 1.12 bits per heavy atom. The Morgan fingerprint density at radius 2 is 1.71 bits per heavy atom. The van der Waals surface area contributed by atoms with Crippen LogP contribution in [-0.4, -0.2) is 31.2 Å². The second-order valence-corrected chi connectivity index (χ2v) is 6.95. The van der Waals surface area contributed by atoms with Gasteiger partial charge in [0.2, 0.25) is 5.91 Å². The summed E-state index contributed by atoms with van der Waals surface area (Å²) in [5.74, 6) is -0.296. The number of nitrogens with one attached hydrogen (secondary N) is 1. The number of hydrogen-bond acceptors (Lipinski definition) is 3. The largest absolute Gasteiger partial charge is 0.381 e. The highest BCUT2D eigenvalue weighted by Crippen LogP contribution is 2.35. The van der Waals surface area contributed by atoms with Gasteiger partial charge in [-0.25, -0.2) is 4.39 Å². The van der Waals surface area contributed by atoms with Crippen molar-refractivity contribution in [1.82, 2.24) is 5.32 Å². The second-order valence-electron chi connectivity index (χ2n) is 6.95. The Bertz CT molecular complexity index is 553. The second kappa shape index (κ2) is 7.81. The van der Waals surface area contributed by atoms with E-state index in [0.29, 0.717) is 19.8 Å². The molecule has 134 valence electrons. The lowest BCUT2D eigenvalue weighted by molar-refractivity contribution is -0.126. The smallest absolute Gasteiger partial charge is 0.240 e. The van der Waals surface area contributed by atoms with E-state index in [2.05, 4.69) is 5.32 Å². The molecule has 1 aromatic rings. The molecular formula is C18H26ClFN2O2. The average molecular weight is 357 g/mol. The first kappa shape index (κ1) is 19.2. The molecule has 1 aliphatic carbocycles. The van der Waals surface area contributed by atoms with Gasteiger partial charge in [-0.3, -0.25) is 4.79 Å². The Labute approximate surface area is 148 Å². The number of carbonyl (C=O) groups is 1. The number of amides is 1. The molecule has 0 bridgehead atoms. The number of benzene rings is 1.